The first kappa shape index (κ1) is 27.9. The van der Waals surface area contributed by atoms with E-state index in [1.54, 1.807) is 11.6 Å². The number of hydroxylamine groups is 1. The van der Waals surface area contributed by atoms with E-state index in [1.807, 2.05) is 50.3 Å². The van der Waals surface area contributed by atoms with Gasteiger partial charge in [-0.2, -0.15) is 0 Å². The lowest BCUT2D eigenvalue weighted by atomic mass is 9.82. The molecule has 2 atom stereocenters. The molecule has 10 nitrogen and oxygen atoms in total. The van der Waals surface area contributed by atoms with Crippen LogP contribution in [-0.4, -0.2) is 62.2 Å². The number of hydrogen-bond donors (Lipinski definition) is 3. The Morgan fingerprint density at radius 1 is 1.15 bits per heavy atom. The summed E-state index contributed by atoms with van der Waals surface area (Å²) in [6.07, 6.45) is 4.77. The molecule has 0 aromatic heterocycles. The Morgan fingerprint density at radius 3 is 2.35 bits per heavy atom. The van der Waals surface area contributed by atoms with E-state index in [0.29, 0.717) is 19.6 Å². The lowest BCUT2D eigenvalue weighted by molar-refractivity contribution is -0.142. The van der Waals surface area contributed by atoms with Gasteiger partial charge in [-0.1, -0.05) is 56.3 Å². The summed E-state index contributed by atoms with van der Waals surface area (Å²) in [5, 5.41) is 9.31. The van der Waals surface area contributed by atoms with Gasteiger partial charge in [0.1, 0.15) is 0 Å². The summed E-state index contributed by atoms with van der Waals surface area (Å²) in [5.74, 6) is -3.08. The zero-order valence-corrected chi connectivity index (χ0v) is 20.7. The fraction of sp³-hybridized carbons (Fsp3) is 0.565. The van der Waals surface area contributed by atoms with Crippen molar-refractivity contribution in [3.8, 4) is 0 Å². The number of ether oxygens (including phenoxy) is 2. The maximum Gasteiger partial charge on any atom is 0.247 e. The quantitative estimate of drug-likeness (QED) is 0.280. The van der Waals surface area contributed by atoms with E-state index in [4.69, 9.17) is 9.47 Å². The number of hydrogen-bond acceptors (Lipinski definition) is 7. The van der Waals surface area contributed by atoms with Gasteiger partial charge in [-0.15, -0.1) is 4.41 Å². The van der Waals surface area contributed by atoms with Crippen LogP contribution in [0.15, 0.2) is 36.4 Å². The number of carbonyl (C=O) groups excluding carboxylic acids is 2. The van der Waals surface area contributed by atoms with Crippen molar-refractivity contribution in [2.45, 2.75) is 39.4 Å². The average molecular weight is 498 g/mol. The van der Waals surface area contributed by atoms with Crippen LogP contribution in [0.3, 0.4) is 0 Å². The van der Waals surface area contributed by atoms with Crippen LogP contribution in [0.5, 0.6) is 0 Å². The van der Waals surface area contributed by atoms with Crippen molar-refractivity contribution in [2.75, 3.05) is 26.0 Å². The second kappa shape index (κ2) is 13.5. The van der Waals surface area contributed by atoms with E-state index in [0.717, 1.165) is 16.2 Å². The summed E-state index contributed by atoms with van der Waals surface area (Å²) in [7, 11) is -3.79. The highest BCUT2D eigenvalue weighted by atomic mass is 32.2. The highest BCUT2D eigenvalue weighted by Gasteiger charge is 2.35. The van der Waals surface area contributed by atoms with Crippen molar-refractivity contribution in [1.29, 1.82) is 0 Å². The van der Waals surface area contributed by atoms with Gasteiger partial charge in [0.15, 0.2) is 6.29 Å². The molecule has 2 rings (SSSR count). The Bertz CT molecular complexity index is 916. The van der Waals surface area contributed by atoms with E-state index >= 15 is 0 Å². The number of nitrogens with zero attached hydrogens (tertiary/aromatic N) is 1. The summed E-state index contributed by atoms with van der Waals surface area (Å²) >= 11 is 0. The van der Waals surface area contributed by atoms with E-state index in [2.05, 4.69) is 5.43 Å². The maximum absolute atomic E-state index is 13.3. The largest absolute Gasteiger partial charge is 0.350 e. The van der Waals surface area contributed by atoms with Gasteiger partial charge in [0, 0.05) is 13.0 Å². The molecule has 190 valence electrons. The number of nitrogens with one attached hydrogen (secondary N) is 2. The smallest absolute Gasteiger partial charge is 0.247 e. The molecule has 0 spiro atoms. The van der Waals surface area contributed by atoms with Gasteiger partial charge in [-0.25, -0.2) is 13.9 Å². The lowest BCUT2D eigenvalue weighted by Crippen LogP contribution is -2.51. The average Bonchev–Trinajstić information content (AvgIpc) is 3.31. The minimum atomic E-state index is -3.79. The number of benzene rings is 1. The van der Waals surface area contributed by atoms with E-state index in [-0.39, 0.29) is 25.3 Å². The van der Waals surface area contributed by atoms with Gasteiger partial charge >= 0.3 is 0 Å². The van der Waals surface area contributed by atoms with Crippen molar-refractivity contribution in [3.63, 3.8) is 0 Å². The maximum atomic E-state index is 13.3. The number of hydrazine groups is 1. The highest BCUT2D eigenvalue weighted by Crippen LogP contribution is 2.26. The van der Waals surface area contributed by atoms with Crippen LogP contribution < -0.4 is 10.9 Å². The van der Waals surface area contributed by atoms with Gasteiger partial charge in [0.2, 0.25) is 21.8 Å². The first-order valence-electron chi connectivity index (χ1n) is 11.3. The highest BCUT2D eigenvalue weighted by molar-refractivity contribution is 7.88. The third-order valence-corrected chi connectivity index (χ3v) is 6.46. The van der Waals surface area contributed by atoms with Crippen LogP contribution in [-0.2, 0) is 29.1 Å². The number of amides is 2. The molecule has 1 heterocycles. The molecule has 1 fully saturated rings. The molecule has 0 unspecified atom stereocenters. The third kappa shape index (κ3) is 9.15. The molecule has 1 aromatic carbocycles. The number of carbonyl (C=O) groups is 2. The minimum absolute atomic E-state index is 0.0369. The molecule has 0 radical (unpaired) electrons. The Labute approximate surface area is 201 Å². The van der Waals surface area contributed by atoms with Crippen molar-refractivity contribution >= 4 is 27.9 Å². The standard InChI is InChI=1S/C23H35N3O7S/c1-17(2)16-20(19(23(28)25-29)11-7-10-18-8-5-4-6-9-18)22(27)24-26(34(3,30)31)13-12-21-32-14-15-33-21/h4-10,17,19-21,29H,11-16H2,1-3H3,(H,24,27)(H,25,28)/t19-,20-/m0/s1. The Morgan fingerprint density at radius 2 is 1.79 bits per heavy atom. The fourth-order valence-electron chi connectivity index (χ4n) is 3.72. The van der Waals surface area contributed by atoms with Crippen LogP contribution in [0.4, 0.5) is 0 Å². The predicted octanol–water partition coefficient (Wildman–Crippen LogP) is 1.93. The molecule has 0 aliphatic carbocycles. The third-order valence-electron chi connectivity index (χ3n) is 5.39. The summed E-state index contributed by atoms with van der Waals surface area (Å²) in [4.78, 5) is 25.8. The topological polar surface area (TPSA) is 134 Å². The zero-order valence-electron chi connectivity index (χ0n) is 19.8. The number of allylic oxidation sites excluding steroid dienone is 1. The zero-order chi connectivity index (χ0) is 25.1. The number of rotatable bonds is 13. The van der Waals surface area contributed by atoms with Crippen molar-refractivity contribution in [3.05, 3.63) is 42.0 Å². The lowest BCUT2D eigenvalue weighted by Gasteiger charge is -2.29. The normalized spacial score (nSPS) is 16.8. The van der Waals surface area contributed by atoms with Crippen LogP contribution >= 0.6 is 0 Å². The Kier molecular flexibility index (Phi) is 11.1. The Balaban J connectivity index is 2.19. The predicted molar refractivity (Wildman–Crippen MR) is 126 cm³/mol. The molecular weight excluding hydrogens is 462 g/mol. The molecule has 11 heteroatoms. The van der Waals surface area contributed by atoms with E-state index in [9.17, 15) is 23.2 Å². The van der Waals surface area contributed by atoms with E-state index in [1.165, 1.54) is 0 Å². The second-order valence-electron chi connectivity index (χ2n) is 8.64. The molecule has 1 aliphatic rings. The first-order valence-corrected chi connectivity index (χ1v) is 13.1. The van der Waals surface area contributed by atoms with Gasteiger partial charge in [-0.3, -0.25) is 20.2 Å². The summed E-state index contributed by atoms with van der Waals surface area (Å²) in [6.45, 7) is 4.62. The molecule has 34 heavy (non-hydrogen) atoms. The fourth-order valence-corrected chi connectivity index (χ4v) is 4.41. The van der Waals surface area contributed by atoms with Gasteiger partial charge in [0.05, 0.1) is 31.3 Å². The molecular formula is C23H35N3O7S. The van der Waals surface area contributed by atoms with Gasteiger partial charge < -0.3 is 9.47 Å². The minimum Gasteiger partial charge on any atom is -0.350 e. The van der Waals surface area contributed by atoms with Gasteiger partial charge in [-0.05, 0) is 24.3 Å². The number of sulfonamides is 1. The van der Waals surface area contributed by atoms with Crippen molar-refractivity contribution in [1.82, 2.24) is 15.3 Å². The van der Waals surface area contributed by atoms with Crippen LogP contribution in [0, 0.1) is 17.8 Å². The Hall–Kier alpha value is -2.31. The molecule has 1 aromatic rings. The molecule has 3 N–H and O–H groups in total. The van der Waals surface area contributed by atoms with Crippen LogP contribution in [0.1, 0.15) is 38.7 Å². The SMILES string of the molecule is CC(C)C[C@H](C(=O)NN(CCC1OCCO1)S(C)(=O)=O)[C@H](CC=Cc1ccccc1)C(=O)NO. The van der Waals surface area contributed by atoms with Crippen molar-refractivity contribution < 1.29 is 32.7 Å². The molecule has 1 aliphatic heterocycles. The monoisotopic (exact) mass is 497 g/mol. The van der Waals surface area contributed by atoms with Gasteiger partial charge in [0.25, 0.3) is 0 Å². The summed E-state index contributed by atoms with van der Waals surface area (Å²) in [6, 6.07) is 9.46. The molecule has 1 saturated heterocycles. The van der Waals surface area contributed by atoms with E-state index < -0.39 is 40.0 Å². The second-order valence-corrected chi connectivity index (χ2v) is 10.5. The molecule has 0 saturated carbocycles. The first-order chi connectivity index (χ1) is 16.1. The molecule has 2 amide bonds. The van der Waals surface area contributed by atoms with Crippen molar-refractivity contribution in [2.24, 2.45) is 17.8 Å². The summed E-state index contributed by atoms with van der Waals surface area (Å²) < 4.78 is 36.1. The van der Waals surface area contributed by atoms with Crippen LogP contribution in [0.2, 0.25) is 0 Å². The molecule has 0 bridgehead atoms. The summed E-state index contributed by atoms with van der Waals surface area (Å²) in [5.41, 5.74) is 5.04. The van der Waals surface area contributed by atoms with Crippen LogP contribution in [0.25, 0.3) is 6.08 Å².